The Morgan fingerprint density at radius 2 is 1.75 bits per heavy atom. The lowest BCUT2D eigenvalue weighted by Crippen LogP contribution is -2.04. The van der Waals surface area contributed by atoms with Gasteiger partial charge in [0.05, 0.1) is 6.42 Å². The van der Waals surface area contributed by atoms with Crippen molar-refractivity contribution in [1.82, 2.24) is 0 Å². The van der Waals surface area contributed by atoms with E-state index in [1.54, 1.807) is 0 Å². The van der Waals surface area contributed by atoms with Crippen molar-refractivity contribution in [3.05, 3.63) is 64.2 Å². The van der Waals surface area contributed by atoms with Crippen LogP contribution in [0.5, 0.6) is 0 Å². The van der Waals surface area contributed by atoms with Crippen LogP contribution in [0.25, 0.3) is 0 Å². The van der Waals surface area contributed by atoms with Crippen LogP contribution in [-0.2, 0) is 36.2 Å². The molecule has 2 aromatic rings. The van der Waals surface area contributed by atoms with Crippen molar-refractivity contribution in [1.29, 1.82) is 0 Å². The molecule has 1 aliphatic rings. The second-order valence-corrected chi connectivity index (χ2v) is 7.48. The summed E-state index contributed by atoms with van der Waals surface area (Å²) in [6.45, 7) is 2.21. The van der Waals surface area contributed by atoms with E-state index in [2.05, 4.69) is 37.3 Å². The fraction of sp³-hybridized carbons (Fsp3) is 0.381. The normalized spacial score (nSPS) is 13.0. The summed E-state index contributed by atoms with van der Waals surface area (Å²) >= 11 is 1.88. The van der Waals surface area contributed by atoms with E-state index >= 15 is 0 Å². The predicted molar refractivity (Wildman–Crippen MR) is 99.8 cm³/mol. The van der Waals surface area contributed by atoms with Gasteiger partial charge in [0.2, 0.25) is 0 Å². The van der Waals surface area contributed by atoms with Gasteiger partial charge in [-0.05, 0) is 59.6 Å². The molecule has 0 heterocycles. The molecular formula is C21H24O2S. The first-order chi connectivity index (χ1) is 11.7. The Morgan fingerprint density at radius 3 is 2.46 bits per heavy atom. The molecule has 0 aromatic heterocycles. The molecule has 2 aromatic carbocycles. The lowest BCUT2D eigenvalue weighted by Gasteiger charge is -2.12. The van der Waals surface area contributed by atoms with Crippen LogP contribution >= 0.6 is 11.8 Å². The van der Waals surface area contributed by atoms with Crippen molar-refractivity contribution in [3.8, 4) is 0 Å². The number of aliphatic carboxylic acids is 1. The minimum absolute atomic E-state index is 0.145. The van der Waals surface area contributed by atoms with Crippen LogP contribution in [0, 0.1) is 0 Å². The number of hydrogen-bond donors (Lipinski definition) is 1. The molecule has 0 saturated carbocycles. The summed E-state index contributed by atoms with van der Waals surface area (Å²) in [4.78, 5) is 12.4. The number of carbonyl (C=O) groups is 1. The highest BCUT2D eigenvalue weighted by Gasteiger charge is 2.19. The molecule has 0 spiro atoms. The van der Waals surface area contributed by atoms with Crippen molar-refractivity contribution >= 4 is 17.7 Å². The SMILES string of the molecule is CCCc1ccc(CSc2ccc(CC(=O)O)c3c2CCC3)cc1. The number of carboxylic acids is 1. The third-order valence-electron chi connectivity index (χ3n) is 4.64. The lowest BCUT2D eigenvalue weighted by atomic mass is 10.0. The zero-order chi connectivity index (χ0) is 16.9. The molecule has 0 amide bonds. The average molecular weight is 340 g/mol. The number of aryl methyl sites for hydroxylation is 1. The van der Waals surface area contributed by atoms with Crippen LogP contribution < -0.4 is 0 Å². The number of carboxylic acid groups (broad SMARTS) is 1. The molecule has 24 heavy (non-hydrogen) atoms. The molecule has 126 valence electrons. The van der Waals surface area contributed by atoms with Gasteiger partial charge in [-0.15, -0.1) is 11.8 Å². The Labute approximate surface area is 148 Å². The van der Waals surface area contributed by atoms with E-state index in [1.165, 1.54) is 33.6 Å². The molecule has 0 aliphatic heterocycles. The van der Waals surface area contributed by atoms with Crippen molar-refractivity contribution in [2.75, 3.05) is 0 Å². The van der Waals surface area contributed by atoms with Gasteiger partial charge >= 0.3 is 5.97 Å². The van der Waals surface area contributed by atoms with E-state index < -0.39 is 5.97 Å². The van der Waals surface area contributed by atoms with E-state index in [-0.39, 0.29) is 6.42 Å². The van der Waals surface area contributed by atoms with Crippen LogP contribution in [0.1, 0.15) is 47.6 Å². The van der Waals surface area contributed by atoms with Gasteiger partial charge in [0, 0.05) is 10.6 Å². The summed E-state index contributed by atoms with van der Waals surface area (Å²) in [5, 5.41) is 9.07. The van der Waals surface area contributed by atoms with Crippen LogP contribution in [0.4, 0.5) is 0 Å². The Balaban J connectivity index is 1.71. The first kappa shape index (κ1) is 17.1. The largest absolute Gasteiger partial charge is 0.481 e. The van der Waals surface area contributed by atoms with Gasteiger partial charge in [-0.1, -0.05) is 43.7 Å². The van der Waals surface area contributed by atoms with Crippen molar-refractivity contribution < 1.29 is 9.90 Å². The Hall–Kier alpha value is -1.74. The molecule has 0 saturated heterocycles. The molecule has 1 N–H and O–H groups in total. The van der Waals surface area contributed by atoms with E-state index in [0.717, 1.165) is 37.0 Å². The quantitative estimate of drug-likeness (QED) is 0.717. The second kappa shape index (κ2) is 7.89. The first-order valence-electron chi connectivity index (χ1n) is 8.73. The maximum Gasteiger partial charge on any atom is 0.307 e. The van der Waals surface area contributed by atoms with Crippen LogP contribution in [0.3, 0.4) is 0 Å². The summed E-state index contributed by atoms with van der Waals surface area (Å²) in [6, 6.07) is 13.1. The van der Waals surface area contributed by atoms with E-state index in [4.69, 9.17) is 5.11 Å². The molecule has 0 bridgehead atoms. The summed E-state index contributed by atoms with van der Waals surface area (Å²) in [6.07, 6.45) is 5.73. The molecule has 3 rings (SSSR count). The molecule has 0 radical (unpaired) electrons. The lowest BCUT2D eigenvalue weighted by molar-refractivity contribution is -0.136. The summed E-state index contributed by atoms with van der Waals surface area (Å²) in [7, 11) is 0. The van der Waals surface area contributed by atoms with E-state index in [1.807, 2.05) is 17.8 Å². The number of thioether (sulfide) groups is 1. The predicted octanol–water partition coefficient (Wildman–Crippen LogP) is 5.05. The standard InChI is InChI=1S/C21H24O2S/c1-2-4-15-7-9-16(10-8-15)14-24-20-12-11-17(13-21(22)23)18-5-3-6-19(18)20/h7-12H,2-6,13-14H2,1H3,(H,22,23). The Bertz CT molecular complexity index is 719. The Morgan fingerprint density at radius 1 is 1.04 bits per heavy atom. The van der Waals surface area contributed by atoms with Gasteiger partial charge in [-0.3, -0.25) is 4.79 Å². The molecule has 3 heteroatoms. The zero-order valence-electron chi connectivity index (χ0n) is 14.2. The second-order valence-electron chi connectivity index (χ2n) is 6.46. The minimum Gasteiger partial charge on any atom is -0.481 e. The third kappa shape index (κ3) is 4.02. The highest BCUT2D eigenvalue weighted by molar-refractivity contribution is 7.98. The third-order valence-corrected chi connectivity index (χ3v) is 5.81. The maximum atomic E-state index is 11.0. The molecular weight excluding hydrogens is 316 g/mol. The van der Waals surface area contributed by atoms with Crippen molar-refractivity contribution in [3.63, 3.8) is 0 Å². The average Bonchev–Trinajstić information content (AvgIpc) is 3.05. The van der Waals surface area contributed by atoms with Gasteiger partial charge < -0.3 is 5.11 Å². The van der Waals surface area contributed by atoms with Crippen LogP contribution in [0.15, 0.2) is 41.3 Å². The first-order valence-corrected chi connectivity index (χ1v) is 9.72. The molecule has 0 atom stereocenters. The van der Waals surface area contributed by atoms with Gasteiger partial charge in [0.1, 0.15) is 0 Å². The topological polar surface area (TPSA) is 37.3 Å². The maximum absolute atomic E-state index is 11.0. The van der Waals surface area contributed by atoms with Gasteiger partial charge in [0.25, 0.3) is 0 Å². The van der Waals surface area contributed by atoms with Gasteiger partial charge in [-0.25, -0.2) is 0 Å². The molecule has 1 aliphatic carbocycles. The van der Waals surface area contributed by atoms with Crippen molar-refractivity contribution in [2.24, 2.45) is 0 Å². The summed E-state index contributed by atoms with van der Waals surface area (Å²) < 4.78 is 0. The van der Waals surface area contributed by atoms with Crippen LogP contribution in [-0.4, -0.2) is 11.1 Å². The number of benzene rings is 2. The molecule has 0 fully saturated rings. The number of fused-ring (bicyclic) bond motifs is 1. The molecule has 0 unspecified atom stereocenters. The highest BCUT2D eigenvalue weighted by Crippen LogP contribution is 2.35. The zero-order valence-corrected chi connectivity index (χ0v) is 15.0. The Kier molecular flexibility index (Phi) is 5.62. The van der Waals surface area contributed by atoms with E-state index in [0.29, 0.717) is 0 Å². The minimum atomic E-state index is -0.739. The van der Waals surface area contributed by atoms with Gasteiger partial charge in [-0.2, -0.15) is 0 Å². The van der Waals surface area contributed by atoms with Crippen molar-refractivity contribution in [2.45, 2.75) is 56.1 Å². The number of hydrogen-bond acceptors (Lipinski definition) is 2. The smallest absolute Gasteiger partial charge is 0.307 e. The summed E-state index contributed by atoms with van der Waals surface area (Å²) in [5.41, 5.74) is 6.44. The number of rotatable bonds is 7. The van der Waals surface area contributed by atoms with Gasteiger partial charge in [0.15, 0.2) is 0 Å². The summed E-state index contributed by atoms with van der Waals surface area (Å²) in [5.74, 6) is 0.230. The highest BCUT2D eigenvalue weighted by atomic mass is 32.2. The fourth-order valence-corrected chi connectivity index (χ4v) is 4.54. The van der Waals surface area contributed by atoms with Crippen LogP contribution in [0.2, 0.25) is 0 Å². The molecule has 2 nitrogen and oxygen atoms in total. The fourth-order valence-electron chi connectivity index (χ4n) is 3.46. The van der Waals surface area contributed by atoms with E-state index in [9.17, 15) is 4.79 Å². The monoisotopic (exact) mass is 340 g/mol.